The Balaban J connectivity index is 1.69. The van der Waals surface area contributed by atoms with Crippen molar-refractivity contribution in [3.05, 3.63) is 0 Å². The Morgan fingerprint density at radius 2 is 1.50 bits per heavy atom. The summed E-state index contributed by atoms with van der Waals surface area (Å²) in [5, 5.41) is 0.293. The molecule has 2 bridgehead atoms. The van der Waals surface area contributed by atoms with Crippen molar-refractivity contribution in [2.24, 2.45) is 11.8 Å². The first kappa shape index (κ1) is 15.0. The Morgan fingerprint density at radius 3 is 1.95 bits per heavy atom. The van der Waals surface area contributed by atoms with E-state index in [9.17, 15) is 0 Å². The normalized spacial score (nSPS) is 36.8. The molecular weight excluding hydrogens is 268 g/mol. The number of hydrogen-bond donors (Lipinski definition) is 0. The van der Waals surface area contributed by atoms with E-state index in [4.69, 9.17) is 13.9 Å². The van der Waals surface area contributed by atoms with E-state index < -0.39 is 8.32 Å². The van der Waals surface area contributed by atoms with Gasteiger partial charge in [-0.15, -0.1) is 0 Å². The maximum atomic E-state index is 6.65. The standard InChI is InChI=1S/C16H30O3Si/c1-15(2,3)20(4,5)19-14-10-12-6-7-13(11-14)16(12)17-8-9-18-16/h12-14H,6-11H2,1-5H3/t12-,13+,14?. The fourth-order valence-corrected chi connectivity index (χ4v) is 5.42. The first-order valence-corrected chi connectivity index (χ1v) is 11.1. The summed E-state index contributed by atoms with van der Waals surface area (Å²) in [5.41, 5.74) is 0. The van der Waals surface area contributed by atoms with Crippen LogP contribution in [-0.4, -0.2) is 33.4 Å². The van der Waals surface area contributed by atoms with Gasteiger partial charge in [-0.25, -0.2) is 0 Å². The van der Waals surface area contributed by atoms with Crippen LogP contribution in [0.4, 0.5) is 0 Å². The van der Waals surface area contributed by atoms with E-state index in [1.54, 1.807) is 0 Å². The van der Waals surface area contributed by atoms with Crippen molar-refractivity contribution in [3.63, 3.8) is 0 Å². The third-order valence-electron chi connectivity index (χ3n) is 6.10. The van der Waals surface area contributed by atoms with Crippen LogP contribution < -0.4 is 0 Å². The Morgan fingerprint density at radius 1 is 1.00 bits per heavy atom. The molecule has 0 radical (unpaired) electrons. The Labute approximate surface area is 124 Å². The molecule has 3 rings (SSSR count). The SMILES string of the molecule is CC(C)(C)[Si](C)(C)OC1C[C@H]2CC[C@@H](C1)C21OCCO1. The zero-order chi connectivity index (χ0) is 14.6. The summed E-state index contributed by atoms with van der Waals surface area (Å²) in [4.78, 5) is 0. The highest BCUT2D eigenvalue weighted by Gasteiger charge is 2.59. The van der Waals surface area contributed by atoms with E-state index in [1.807, 2.05) is 0 Å². The maximum Gasteiger partial charge on any atom is 0.192 e. The van der Waals surface area contributed by atoms with Gasteiger partial charge in [0.2, 0.25) is 0 Å². The molecule has 4 heteroatoms. The number of hydrogen-bond acceptors (Lipinski definition) is 3. The van der Waals surface area contributed by atoms with Crippen LogP contribution in [0.1, 0.15) is 46.5 Å². The van der Waals surface area contributed by atoms with Crippen molar-refractivity contribution >= 4 is 8.32 Å². The molecule has 3 atom stereocenters. The van der Waals surface area contributed by atoms with Crippen molar-refractivity contribution in [2.75, 3.05) is 13.2 Å². The molecule has 3 nitrogen and oxygen atoms in total. The van der Waals surface area contributed by atoms with Crippen LogP contribution in [0.2, 0.25) is 18.1 Å². The summed E-state index contributed by atoms with van der Waals surface area (Å²) >= 11 is 0. The Kier molecular flexibility index (Phi) is 3.60. The summed E-state index contributed by atoms with van der Waals surface area (Å²) < 4.78 is 18.7. The van der Waals surface area contributed by atoms with E-state index in [0.29, 0.717) is 23.0 Å². The fourth-order valence-electron chi connectivity index (χ4n) is 4.04. The molecule has 2 saturated carbocycles. The molecule has 3 aliphatic rings. The lowest BCUT2D eigenvalue weighted by atomic mass is 9.81. The lowest BCUT2D eigenvalue weighted by molar-refractivity contribution is -0.232. The quantitative estimate of drug-likeness (QED) is 0.723. The highest BCUT2D eigenvalue weighted by atomic mass is 28.4. The van der Waals surface area contributed by atoms with Gasteiger partial charge in [0.25, 0.3) is 0 Å². The van der Waals surface area contributed by atoms with Crippen molar-refractivity contribution in [3.8, 4) is 0 Å². The minimum atomic E-state index is -1.66. The number of rotatable bonds is 2. The van der Waals surface area contributed by atoms with E-state index in [1.165, 1.54) is 12.8 Å². The average molecular weight is 298 g/mol. The molecule has 1 aliphatic heterocycles. The molecule has 2 aliphatic carbocycles. The van der Waals surface area contributed by atoms with Crippen LogP contribution in [0.25, 0.3) is 0 Å². The molecule has 0 aromatic rings. The maximum absolute atomic E-state index is 6.65. The largest absolute Gasteiger partial charge is 0.414 e. The highest BCUT2D eigenvalue weighted by molar-refractivity contribution is 6.74. The predicted molar refractivity (Wildman–Crippen MR) is 82.2 cm³/mol. The minimum absolute atomic E-state index is 0.229. The molecule has 1 heterocycles. The van der Waals surface area contributed by atoms with Gasteiger partial charge in [0.1, 0.15) is 0 Å². The summed E-state index contributed by atoms with van der Waals surface area (Å²) in [6.45, 7) is 13.2. The van der Waals surface area contributed by atoms with E-state index in [-0.39, 0.29) is 5.79 Å². The third kappa shape index (κ3) is 2.29. The summed E-state index contributed by atoms with van der Waals surface area (Å²) in [6, 6.07) is 0. The zero-order valence-electron chi connectivity index (χ0n) is 13.7. The van der Waals surface area contributed by atoms with Gasteiger partial charge in [0.05, 0.1) is 13.2 Å². The first-order valence-electron chi connectivity index (χ1n) is 8.20. The van der Waals surface area contributed by atoms with Crippen molar-refractivity contribution in [1.29, 1.82) is 0 Å². The second-order valence-electron chi connectivity index (χ2n) is 8.36. The summed E-state index contributed by atoms with van der Waals surface area (Å²) in [5.74, 6) is 0.879. The van der Waals surface area contributed by atoms with Gasteiger partial charge >= 0.3 is 0 Å². The van der Waals surface area contributed by atoms with Gasteiger partial charge < -0.3 is 13.9 Å². The van der Waals surface area contributed by atoms with Crippen LogP contribution in [0.15, 0.2) is 0 Å². The summed E-state index contributed by atoms with van der Waals surface area (Å²) in [7, 11) is -1.66. The second kappa shape index (κ2) is 4.80. The third-order valence-corrected chi connectivity index (χ3v) is 10.6. The van der Waals surface area contributed by atoms with E-state index in [2.05, 4.69) is 33.9 Å². The van der Waals surface area contributed by atoms with Crippen LogP contribution in [0.3, 0.4) is 0 Å². The number of ether oxygens (including phenoxy) is 2. The Bertz CT molecular complexity index is 352. The monoisotopic (exact) mass is 298 g/mol. The molecule has 0 aromatic heterocycles. The highest BCUT2D eigenvalue weighted by Crippen LogP contribution is 2.55. The second-order valence-corrected chi connectivity index (χ2v) is 13.1. The molecule has 116 valence electrons. The minimum Gasteiger partial charge on any atom is -0.414 e. The van der Waals surface area contributed by atoms with E-state index >= 15 is 0 Å². The molecule has 20 heavy (non-hydrogen) atoms. The van der Waals surface area contributed by atoms with Crippen molar-refractivity contribution in [1.82, 2.24) is 0 Å². The lowest BCUT2D eigenvalue weighted by Crippen LogP contribution is -2.51. The van der Waals surface area contributed by atoms with Crippen LogP contribution in [0.5, 0.6) is 0 Å². The Hall–Kier alpha value is 0.0969. The molecular formula is C16H30O3Si. The predicted octanol–water partition coefficient (Wildman–Crippen LogP) is 3.94. The van der Waals surface area contributed by atoms with Gasteiger partial charge in [0, 0.05) is 17.9 Å². The van der Waals surface area contributed by atoms with Gasteiger partial charge in [0.15, 0.2) is 14.1 Å². The van der Waals surface area contributed by atoms with E-state index in [0.717, 1.165) is 26.1 Å². The molecule has 1 saturated heterocycles. The fraction of sp³-hybridized carbons (Fsp3) is 1.00. The molecule has 0 aromatic carbocycles. The molecule has 0 amide bonds. The van der Waals surface area contributed by atoms with Crippen LogP contribution in [0, 0.1) is 11.8 Å². The zero-order valence-corrected chi connectivity index (χ0v) is 14.7. The molecule has 0 N–H and O–H groups in total. The van der Waals surface area contributed by atoms with Crippen LogP contribution >= 0.6 is 0 Å². The van der Waals surface area contributed by atoms with Gasteiger partial charge in [-0.1, -0.05) is 20.8 Å². The molecule has 1 unspecified atom stereocenters. The van der Waals surface area contributed by atoms with Crippen molar-refractivity contribution in [2.45, 2.75) is 76.5 Å². The van der Waals surface area contributed by atoms with Gasteiger partial charge in [-0.05, 0) is 43.8 Å². The van der Waals surface area contributed by atoms with Gasteiger partial charge in [-0.3, -0.25) is 0 Å². The topological polar surface area (TPSA) is 27.7 Å². The lowest BCUT2D eigenvalue weighted by Gasteiger charge is -2.46. The summed E-state index contributed by atoms with van der Waals surface area (Å²) in [6.07, 6.45) is 5.18. The first-order chi connectivity index (χ1) is 9.25. The molecule has 1 spiro atoms. The molecule has 3 fully saturated rings. The smallest absolute Gasteiger partial charge is 0.192 e. The van der Waals surface area contributed by atoms with Crippen LogP contribution in [-0.2, 0) is 13.9 Å². The average Bonchev–Trinajstić information content (AvgIpc) is 2.84. The van der Waals surface area contributed by atoms with Crippen molar-refractivity contribution < 1.29 is 13.9 Å². The van der Waals surface area contributed by atoms with Gasteiger partial charge in [-0.2, -0.15) is 0 Å².